The van der Waals surface area contributed by atoms with Gasteiger partial charge in [-0.05, 0) is 57.5 Å². The molecule has 0 bridgehead atoms. The first kappa shape index (κ1) is 25.7. The van der Waals surface area contributed by atoms with E-state index in [1.807, 2.05) is 6.07 Å². The van der Waals surface area contributed by atoms with Gasteiger partial charge in [-0.1, -0.05) is 6.07 Å². The third-order valence-electron chi connectivity index (χ3n) is 8.15. The van der Waals surface area contributed by atoms with E-state index in [4.69, 9.17) is 15.2 Å². The van der Waals surface area contributed by atoms with E-state index in [1.165, 1.54) is 23.7 Å². The van der Waals surface area contributed by atoms with Gasteiger partial charge < -0.3 is 24.9 Å². The van der Waals surface area contributed by atoms with Gasteiger partial charge in [0.25, 0.3) is 0 Å². The molecule has 1 unspecified atom stereocenters. The van der Waals surface area contributed by atoms with Gasteiger partial charge in [0.2, 0.25) is 5.95 Å². The maximum Gasteiger partial charge on any atom is 0.227 e. The van der Waals surface area contributed by atoms with E-state index in [0.717, 1.165) is 95.4 Å². The van der Waals surface area contributed by atoms with Gasteiger partial charge in [0.05, 0.1) is 11.8 Å². The van der Waals surface area contributed by atoms with Crippen molar-refractivity contribution in [2.45, 2.75) is 51.1 Å². The fourth-order valence-electron chi connectivity index (χ4n) is 6.01. The molecule has 3 aliphatic heterocycles. The number of nitrogens with one attached hydrogen (secondary N) is 1. The van der Waals surface area contributed by atoms with Crippen LogP contribution in [0, 0.1) is 17.1 Å². The van der Waals surface area contributed by atoms with E-state index in [2.05, 4.69) is 39.0 Å². The van der Waals surface area contributed by atoms with Gasteiger partial charge in [-0.3, -0.25) is 0 Å². The van der Waals surface area contributed by atoms with E-state index in [-0.39, 0.29) is 5.82 Å². The van der Waals surface area contributed by atoms with E-state index in [0.29, 0.717) is 12.1 Å². The molecule has 1 aliphatic carbocycles. The summed E-state index contributed by atoms with van der Waals surface area (Å²) < 4.78 is 14.1. The molecule has 198 valence electrons. The van der Waals surface area contributed by atoms with E-state index < -0.39 is 0 Å². The highest BCUT2D eigenvalue weighted by Crippen LogP contribution is 2.37. The predicted octanol–water partition coefficient (Wildman–Crippen LogP) is 2.62. The Morgan fingerprint density at radius 1 is 1.08 bits per heavy atom. The number of halogens is 1. The first-order valence-corrected chi connectivity index (χ1v) is 13.6. The van der Waals surface area contributed by atoms with E-state index in [1.54, 1.807) is 18.2 Å². The Hall–Kier alpha value is -2.96. The van der Waals surface area contributed by atoms with Crippen molar-refractivity contribution in [2.75, 3.05) is 74.6 Å². The number of hydrogen-bond acceptors (Lipinski definition) is 8. The van der Waals surface area contributed by atoms with Crippen LogP contribution in [0.5, 0.6) is 0 Å². The largest absolute Gasteiger partial charge is 0.368 e. The summed E-state index contributed by atoms with van der Waals surface area (Å²) in [7, 11) is 4.29. The molecule has 1 aromatic heterocycles. The van der Waals surface area contributed by atoms with Gasteiger partial charge in [-0.15, -0.1) is 0 Å². The van der Waals surface area contributed by atoms with Gasteiger partial charge in [0.1, 0.15) is 11.6 Å². The summed E-state index contributed by atoms with van der Waals surface area (Å²) >= 11 is 0. The van der Waals surface area contributed by atoms with Crippen LogP contribution in [0.2, 0.25) is 0 Å². The number of aryl methyl sites for hydroxylation is 1. The quantitative estimate of drug-likeness (QED) is 0.679. The summed E-state index contributed by atoms with van der Waals surface area (Å²) in [5, 5.41) is 10.8. The second kappa shape index (κ2) is 11.2. The topological polar surface area (TPSA) is 74.6 Å². The maximum atomic E-state index is 14.1. The zero-order valence-electron chi connectivity index (χ0n) is 22.4. The minimum absolute atomic E-state index is 0.138. The summed E-state index contributed by atoms with van der Waals surface area (Å²) in [5.74, 6) is 1.90. The summed E-state index contributed by atoms with van der Waals surface area (Å²) in [4.78, 5) is 19.8. The summed E-state index contributed by atoms with van der Waals surface area (Å²) in [5.41, 5.74) is 4.90. The molecule has 1 atom stereocenters. The van der Waals surface area contributed by atoms with Gasteiger partial charge in [0.15, 0.2) is 0 Å². The number of nitrogens with zero attached hydrogens (tertiary/aromatic N) is 7. The smallest absolute Gasteiger partial charge is 0.227 e. The van der Waals surface area contributed by atoms with E-state index in [9.17, 15) is 4.39 Å². The van der Waals surface area contributed by atoms with Crippen LogP contribution in [-0.2, 0) is 19.3 Å². The number of aromatic nitrogens is 2. The minimum Gasteiger partial charge on any atom is -0.368 e. The number of rotatable bonds is 4. The van der Waals surface area contributed by atoms with Crippen molar-refractivity contribution < 1.29 is 4.39 Å². The molecule has 1 N–H and O–H groups in total. The SMILES string of the molecule is CC#N.CN(C)C1CN(c2nc3c(c(N4CCNCC4)n2)CCC(N2CCCc4ccc(F)cc42)C3)C1. The second-order valence-electron chi connectivity index (χ2n) is 10.7. The Morgan fingerprint density at radius 2 is 1.84 bits per heavy atom. The molecule has 2 saturated heterocycles. The second-order valence-corrected chi connectivity index (χ2v) is 10.7. The van der Waals surface area contributed by atoms with Gasteiger partial charge >= 0.3 is 0 Å². The fourth-order valence-corrected chi connectivity index (χ4v) is 6.01. The Morgan fingerprint density at radius 3 is 2.57 bits per heavy atom. The Kier molecular flexibility index (Phi) is 7.77. The van der Waals surface area contributed by atoms with Crippen molar-refractivity contribution in [2.24, 2.45) is 0 Å². The van der Waals surface area contributed by atoms with Crippen LogP contribution in [-0.4, -0.2) is 86.9 Å². The molecule has 9 heteroatoms. The maximum absolute atomic E-state index is 14.1. The van der Waals surface area contributed by atoms with E-state index >= 15 is 0 Å². The first-order valence-electron chi connectivity index (χ1n) is 13.6. The third-order valence-corrected chi connectivity index (χ3v) is 8.15. The Bertz CT molecular complexity index is 1130. The standard InChI is InChI=1S/C26H36FN7.C2H3N/c1-31(2)21-16-33(17-21)26-29-23-15-20(34-11-3-4-18-5-6-19(27)14-24(18)34)7-8-22(23)25(30-26)32-12-9-28-10-13-32;1-2-3/h5-6,14,20-21,28H,3-4,7-13,15-17H2,1-2H3;1H3. The van der Waals surface area contributed by atoms with Crippen molar-refractivity contribution in [3.05, 3.63) is 40.8 Å². The van der Waals surface area contributed by atoms with Crippen LogP contribution in [0.1, 0.15) is 36.6 Å². The lowest BCUT2D eigenvalue weighted by Crippen LogP contribution is -2.58. The number of nitriles is 1. The number of benzene rings is 1. The van der Waals surface area contributed by atoms with Gasteiger partial charge in [-0.2, -0.15) is 10.2 Å². The predicted molar refractivity (Wildman–Crippen MR) is 146 cm³/mol. The van der Waals surface area contributed by atoms with Crippen LogP contribution in [0.4, 0.5) is 21.8 Å². The zero-order chi connectivity index (χ0) is 25.9. The van der Waals surface area contributed by atoms with Crippen LogP contribution < -0.4 is 20.0 Å². The molecule has 8 nitrogen and oxygen atoms in total. The molecule has 0 radical (unpaired) electrons. The average Bonchev–Trinajstić information content (AvgIpc) is 2.87. The molecule has 2 fully saturated rings. The summed E-state index contributed by atoms with van der Waals surface area (Å²) in [6, 6.07) is 7.99. The molecular weight excluding hydrogens is 467 g/mol. The van der Waals surface area contributed by atoms with Gasteiger partial charge in [0, 0.05) is 82.5 Å². The highest BCUT2D eigenvalue weighted by atomic mass is 19.1. The molecule has 4 heterocycles. The van der Waals surface area contributed by atoms with Crippen LogP contribution in [0.3, 0.4) is 0 Å². The lowest BCUT2D eigenvalue weighted by atomic mass is 9.88. The average molecular weight is 507 g/mol. The molecule has 0 saturated carbocycles. The fraction of sp³-hybridized carbons (Fsp3) is 0.607. The number of hydrogen-bond donors (Lipinski definition) is 1. The Balaban J connectivity index is 0.000000892. The summed E-state index contributed by atoms with van der Waals surface area (Å²) in [6.45, 7) is 8.37. The normalized spacial score (nSPS) is 21.4. The van der Waals surface area contributed by atoms with Crippen molar-refractivity contribution >= 4 is 17.5 Å². The zero-order valence-corrected chi connectivity index (χ0v) is 22.4. The molecule has 6 rings (SSSR count). The molecule has 0 spiro atoms. The molecule has 1 aromatic carbocycles. The minimum atomic E-state index is -0.138. The van der Waals surface area contributed by atoms with Crippen molar-refractivity contribution in [3.8, 4) is 6.07 Å². The van der Waals surface area contributed by atoms with Crippen molar-refractivity contribution in [1.82, 2.24) is 20.2 Å². The lowest BCUT2D eigenvalue weighted by Gasteiger charge is -2.44. The number of anilines is 3. The summed E-state index contributed by atoms with van der Waals surface area (Å²) in [6.07, 6.45) is 5.13. The number of piperazine rings is 1. The lowest BCUT2D eigenvalue weighted by molar-refractivity contribution is 0.245. The monoisotopic (exact) mass is 506 g/mol. The molecule has 0 amide bonds. The highest BCUT2D eigenvalue weighted by Gasteiger charge is 2.35. The Labute approximate surface area is 220 Å². The van der Waals surface area contributed by atoms with Crippen molar-refractivity contribution in [1.29, 1.82) is 5.26 Å². The van der Waals surface area contributed by atoms with Crippen molar-refractivity contribution in [3.63, 3.8) is 0 Å². The van der Waals surface area contributed by atoms with Crippen LogP contribution in [0.15, 0.2) is 18.2 Å². The number of fused-ring (bicyclic) bond motifs is 2. The van der Waals surface area contributed by atoms with Crippen LogP contribution >= 0.6 is 0 Å². The molecule has 2 aromatic rings. The van der Waals surface area contributed by atoms with Gasteiger partial charge in [-0.25, -0.2) is 9.37 Å². The molecule has 37 heavy (non-hydrogen) atoms. The molecule has 4 aliphatic rings. The van der Waals surface area contributed by atoms with Crippen LogP contribution in [0.25, 0.3) is 0 Å². The third kappa shape index (κ3) is 5.36. The molecular formula is C28H39FN8. The highest BCUT2D eigenvalue weighted by molar-refractivity contribution is 5.59. The number of likely N-dealkylation sites (N-methyl/N-ethyl adjacent to an activating group) is 1. The first-order chi connectivity index (χ1) is 18.0.